The van der Waals surface area contributed by atoms with Crippen LogP contribution in [0, 0.1) is 17.8 Å². The maximum Gasteiger partial charge on any atom is 0.0273 e. The third kappa shape index (κ3) is 2.91. The second kappa shape index (κ2) is 6.28. The molecule has 2 saturated carbocycles. The highest BCUT2D eigenvalue weighted by atomic mass is 15.2. The molecule has 0 heterocycles. The molecule has 110 valence electrons. The van der Waals surface area contributed by atoms with Crippen LogP contribution in [0.25, 0.3) is 0 Å². The molecular formula is C18H28N2. The Kier molecular flexibility index (Phi) is 4.42. The largest absolute Gasteiger partial charge is 0.271 e. The fourth-order valence-electron chi connectivity index (χ4n) is 4.26. The highest BCUT2D eigenvalue weighted by molar-refractivity contribution is 5.26. The first-order valence-corrected chi connectivity index (χ1v) is 8.34. The van der Waals surface area contributed by atoms with Crippen molar-refractivity contribution in [3.63, 3.8) is 0 Å². The first-order valence-electron chi connectivity index (χ1n) is 8.34. The zero-order valence-electron chi connectivity index (χ0n) is 12.6. The summed E-state index contributed by atoms with van der Waals surface area (Å²) in [5, 5.41) is 0. The van der Waals surface area contributed by atoms with Crippen LogP contribution in [-0.4, -0.2) is 6.04 Å². The van der Waals surface area contributed by atoms with Gasteiger partial charge in [0, 0.05) is 6.04 Å². The summed E-state index contributed by atoms with van der Waals surface area (Å²) >= 11 is 0. The minimum absolute atomic E-state index is 0.526. The molecular weight excluding hydrogens is 244 g/mol. The lowest BCUT2D eigenvalue weighted by molar-refractivity contribution is 0.203. The molecule has 20 heavy (non-hydrogen) atoms. The van der Waals surface area contributed by atoms with E-state index in [1.165, 1.54) is 44.1 Å². The summed E-state index contributed by atoms with van der Waals surface area (Å²) in [4.78, 5) is 0. The number of nitrogens with one attached hydrogen (secondary N) is 1. The predicted molar refractivity (Wildman–Crippen MR) is 84.1 cm³/mol. The first kappa shape index (κ1) is 14.1. The summed E-state index contributed by atoms with van der Waals surface area (Å²) in [5.74, 6) is 9.15. The Morgan fingerprint density at radius 2 is 1.85 bits per heavy atom. The third-order valence-corrected chi connectivity index (χ3v) is 5.70. The SMILES string of the molecule is CCC1CCC(C(NN)C2CC2c2ccccc2)CC1. The average Bonchev–Trinajstić information content (AvgIpc) is 3.30. The maximum absolute atomic E-state index is 5.90. The first-order chi connectivity index (χ1) is 9.83. The van der Waals surface area contributed by atoms with Gasteiger partial charge in [0.15, 0.2) is 0 Å². The molecule has 1 aromatic rings. The maximum atomic E-state index is 5.90. The number of benzene rings is 1. The summed E-state index contributed by atoms with van der Waals surface area (Å²) < 4.78 is 0. The van der Waals surface area contributed by atoms with Crippen molar-refractivity contribution in [2.75, 3.05) is 0 Å². The number of hydrogen-bond acceptors (Lipinski definition) is 2. The number of rotatable bonds is 5. The normalized spacial score (nSPS) is 34.7. The smallest absolute Gasteiger partial charge is 0.0273 e. The Hall–Kier alpha value is -0.860. The van der Waals surface area contributed by atoms with E-state index in [1.54, 1.807) is 0 Å². The second-order valence-electron chi connectivity index (χ2n) is 6.80. The monoisotopic (exact) mass is 272 g/mol. The van der Waals surface area contributed by atoms with E-state index in [4.69, 9.17) is 5.84 Å². The van der Waals surface area contributed by atoms with Gasteiger partial charge in [-0.2, -0.15) is 0 Å². The molecule has 3 atom stereocenters. The van der Waals surface area contributed by atoms with E-state index in [0.29, 0.717) is 6.04 Å². The van der Waals surface area contributed by atoms with Crippen molar-refractivity contribution < 1.29 is 0 Å². The molecule has 3 rings (SSSR count). The van der Waals surface area contributed by atoms with E-state index in [9.17, 15) is 0 Å². The highest BCUT2D eigenvalue weighted by Gasteiger charge is 2.46. The Bertz CT molecular complexity index is 409. The van der Waals surface area contributed by atoms with Crippen LogP contribution in [0.15, 0.2) is 30.3 Å². The molecule has 2 aliphatic rings. The van der Waals surface area contributed by atoms with Gasteiger partial charge in [-0.25, -0.2) is 0 Å². The third-order valence-electron chi connectivity index (χ3n) is 5.70. The summed E-state index contributed by atoms with van der Waals surface area (Å²) in [5.41, 5.74) is 4.67. The standard InChI is InChI=1S/C18H28N2/c1-2-13-8-10-15(11-9-13)18(20-19)17-12-16(17)14-6-4-3-5-7-14/h3-7,13,15-18,20H,2,8-12,19H2,1H3. The van der Waals surface area contributed by atoms with Gasteiger partial charge in [0.05, 0.1) is 0 Å². The van der Waals surface area contributed by atoms with Gasteiger partial charge >= 0.3 is 0 Å². The van der Waals surface area contributed by atoms with Crippen molar-refractivity contribution in [2.24, 2.45) is 23.6 Å². The van der Waals surface area contributed by atoms with Gasteiger partial charge in [0.2, 0.25) is 0 Å². The van der Waals surface area contributed by atoms with Crippen molar-refractivity contribution in [1.29, 1.82) is 0 Å². The molecule has 3 N–H and O–H groups in total. The summed E-state index contributed by atoms with van der Waals surface area (Å²) in [6, 6.07) is 11.5. The second-order valence-corrected chi connectivity index (χ2v) is 6.80. The molecule has 0 saturated heterocycles. The molecule has 2 nitrogen and oxygen atoms in total. The van der Waals surface area contributed by atoms with Gasteiger partial charge in [-0.05, 0) is 48.5 Å². The molecule has 0 radical (unpaired) electrons. The Morgan fingerprint density at radius 3 is 2.45 bits per heavy atom. The molecule has 0 amide bonds. The lowest BCUT2D eigenvalue weighted by atomic mass is 9.76. The molecule has 3 unspecified atom stereocenters. The fraction of sp³-hybridized carbons (Fsp3) is 0.667. The summed E-state index contributed by atoms with van der Waals surface area (Å²) in [6.45, 7) is 2.33. The van der Waals surface area contributed by atoms with Gasteiger partial charge < -0.3 is 0 Å². The quantitative estimate of drug-likeness (QED) is 0.631. The van der Waals surface area contributed by atoms with Crippen molar-refractivity contribution in [3.8, 4) is 0 Å². The van der Waals surface area contributed by atoms with Crippen LogP contribution in [0.3, 0.4) is 0 Å². The van der Waals surface area contributed by atoms with Crippen molar-refractivity contribution in [1.82, 2.24) is 5.43 Å². The van der Waals surface area contributed by atoms with Crippen LogP contribution < -0.4 is 11.3 Å². The fourth-order valence-corrected chi connectivity index (χ4v) is 4.26. The van der Waals surface area contributed by atoms with Crippen molar-refractivity contribution in [3.05, 3.63) is 35.9 Å². The molecule has 2 fully saturated rings. The van der Waals surface area contributed by atoms with Crippen LogP contribution in [0.5, 0.6) is 0 Å². The Morgan fingerprint density at radius 1 is 1.15 bits per heavy atom. The highest BCUT2D eigenvalue weighted by Crippen LogP contribution is 2.52. The molecule has 0 aromatic heterocycles. The van der Waals surface area contributed by atoms with Crippen LogP contribution in [-0.2, 0) is 0 Å². The molecule has 0 spiro atoms. The zero-order valence-corrected chi connectivity index (χ0v) is 12.6. The number of nitrogens with two attached hydrogens (primary N) is 1. The minimum atomic E-state index is 0.526. The van der Waals surface area contributed by atoms with Gasteiger partial charge in [-0.3, -0.25) is 11.3 Å². The molecule has 2 aliphatic carbocycles. The summed E-state index contributed by atoms with van der Waals surface area (Å²) in [6.07, 6.45) is 8.21. The number of hydrogen-bond donors (Lipinski definition) is 2. The predicted octanol–water partition coefficient (Wildman–Crippen LogP) is 3.84. The van der Waals surface area contributed by atoms with Gasteiger partial charge in [-0.15, -0.1) is 0 Å². The molecule has 1 aromatic carbocycles. The van der Waals surface area contributed by atoms with Gasteiger partial charge in [-0.1, -0.05) is 56.5 Å². The van der Waals surface area contributed by atoms with E-state index in [0.717, 1.165) is 23.7 Å². The van der Waals surface area contributed by atoms with Crippen LogP contribution in [0.2, 0.25) is 0 Å². The minimum Gasteiger partial charge on any atom is -0.271 e. The van der Waals surface area contributed by atoms with Gasteiger partial charge in [0.25, 0.3) is 0 Å². The molecule has 2 heteroatoms. The van der Waals surface area contributed by atoms with E-state index < -0.39 is 0 Å². The van der Waals surface area contributed by atoms with E-state index in [2.05, 4.69) is 42.7 Å². The molecule has 0 bridgehead atoms. The van der Waals surface area contributed by atoms with Crippen molar-refractivity contribution >= 4 is 0 Å². The van der Waals surface area contributed by atoms with Crippen molar-refractivity contribution in [2.45, 2.75) is 57.4 Å². The summed E-state index contributed by atoms with van der Waals surface area (Å²) in [7, 11) is 0. The zero-order chi connectivity index (χ0) is 13.9. The Balaban J connectivity index is 1.59. The number of hydrazine groups is 1. The lowest BCUT2D eigenvalue weighted by Gasteiger charge is -2.33. The van der Waals surface area contributed by atoms with E-state index in [-0.39, 0.29) is 0 Å². The van der Waals surface area contributed by atoms with E-state index >= 15 is 0 Å². The van der Waals surface area contributed by atoms with Gasteiger partial charge in [0.1, 0.15) is 0 Å². The van der Waals surface area contributed by atoms with Crippen LogP contribution in [0.1, 0.15) is 56.9 Å². The van der Waals surface area contributed by atoms with Crippen LogP contribution in [0.4, 0.5) is 0 Å². The van der Waals surface area contributed by atoms with E-state index in [1.807, 2.05) is 0 Å². The topological polar surface area (TPSA) is 38.0 Å². The average molecular weight is 272 g/mol. The Labute approximate surface area is 123 Å². The van der Waals surface area contributed by atoms with Crippen LogP contribution >= 0.6 is 0 Å². The molecule has 0 aliphatic heterocycles. The lowest BCUT2D eigenvalue weighted by Crippen LogP contribution is -2.44.